The van der Waals surface area contributed by atoms with Gasteiger partial charge in [0.2, 0.25) is 0 Å². The Hall–Kier alpha value is -2.43. The summed E-state index contributed by atoms with van der Waals surface area (Å²) in [4.78, 5) is 0. The lowest BCUT2D eigenvalue weighted by molar-refractivity contribution is 0.460. The zero-order chi connectivity index (χ0) is 18.1. The lowest BCUT2D eigenvalue weighted by Gasteiger charge is -2.18. The molecule has 0 amide bonds. The molecule has 0 bridgehead atoms. The molecule has 3 nitrogen and oxygen atoms in total. The van der Waals surface area contributed by atoms with Crippen LogP contribution in [0.25, 0.3) is 11.1 Å². The van der Waals surface area contributed by atoms with Gasteiger partial charge in [0.05, 0.1) is 0 Å². The second kappa shape index (κ2) is 6.71. The van der Waals surface area contributed by atoms with Crippen molar-refractivity contribution in [3.05, 3.63) is 95.6 Å². The molecule has 0 saturated carbocycles. The van der Waals surface area contributed by atoms with E-state index in [0.717, 1.165) is 0 Å². The maximum Gasteiger partial charge on any atom is 0.271 e. The lowest BCUT2D eigenvalue weighted by Crippen LogP contribution is -2.13. The molecule has 1 aliphatic carbocycles. The minimum Gasteiger partial charge on any atom is -0.285 e. The van der Waals surface area contributed by atoms with Crippen LogP contribution in [0, 0.1) is 0 Å². The monoisotopic (exact) mass is 364 g/mol. The molecule has 4 heteroatoms. The van der Waals surface area contributed by atoms with E-state index in [4.69, 9.17) is 0 Å². The van der Waals surface area contributed by atoms with E-state index >= 15 is 0 Å². The summed E-state index contributed by atoms with van der Waals surface area (Å²) < 4.78 is 33.7. The van der Waals surface area contributed by atoms with E-state index in [9.17, 15) is 13.0 Å². The van der Waals surface area contributed by atoms with E-state index in [0.29, 0.717) is 18.4 Å². The second-order valence-electron chi connectivity index (χ2n) is 6.72. The highest BCUT2D eigenvalue weighted by molar-refractivity contribution is 7.86. The number of fused-ring (bicyclic) bond motifs is 3. The van der Waals surface area contributed by atoms with Crippen molar-refractivity contribution in [1.29, 1.82) is 0 Å². The fourth-order valence-corrected chi connectivity index (χ4v) is 4.98. The summed E-state index contributed by atoms with van der Waals surface area (Å²) in [5.74, 6) is 0.148. The average molecular weight is 364 g/mol. The highest BCUT2D eigenvalue weighted by atomic mass is 32.2. The van der Waals surface area contributed by atoms with Gasteiger partial charge in [-0.3, -0.25) is 4.55 Å². The van der Waals surface area contributed by atoms with Crippen LogP contribution in [-0.4, -0.2) is 13.0 Å². The summed E-state index contributed by atoms with van der Waals surface area (Å²) in [6, 6.07) is 25.5. The Morgan fingerprint density at radius 1 is 0.769 bits per heavy atom. The van der Waals surface area contributed by atoms with Gasteiger partial charge >= 0.3 is 0 Å². The first-order chi connectivity index (χ1) is 12.6. The molecule has 0 aromatic heterocycles. The van der Waals surface area contributed by atoms with Crippen LogP contribution in [0.2, 0.25) is 0 Å². The molecule has 0 fully saturated rings. The fourth-order valence-electron chi connectivity index (χ4n) is 4.04. The molecule has 1 unspecified atom stereocenters. The predicted octanol–water partition coefficient (Wildman–Crippen LogP) is 5.21. The minimum atomic E-state index is -4.16. The van der Waals surface area contributed by atoms with Gasteiger partial charge < -0.3 is 0 Å². The van der Waals surface area contributed by atoms with Gasteiger partial charge in [0.25, 0.3) is 10.1 Å². The first kappa shape index (κ1) is 17.0. The van der Waals surface area contributed by atoms with Crippen molar-refractivity contribution in [3.63, 3.8) is 0 Å². The van der Waals surface area contributed by atoms with Crippen LogP contribution < -0.4 is 0 Å². The van der Waals surface area contributed by atoms with E-state index in [2.05, 4.69) is 24.3 Å². The normalized spacial score (nSPS) is 14.7. The van der Waals surface area contributed by atoms with E-state index in [-0.39, 0.29) is 5.92 Å². The molecular weight excluding hydrogens is 344 g/mol. The quantitative estimate of drug-likeness (QED) is 0.633. The second-order valence-corrected chi connectivity index (χ2v) is 8.32. The van der Waals surface area contributed by atoms with Crippen molar-refractivity contribution in [2.45, 2.75) is 24.0 Å². The van der Waals surface area contributed by atoms with Crippen LogP contribution >= 0.6 is 0 Å². The summed E-state index contributed by atoms with van der Waals surface area (Å²) >= 11 is 0. The van der Waals surface area contributed by atoms with Gasteiger partial charge in [0.1, 0.15) is 5.25 Å². The first-order valence-electron chi connectivity index (χ1n) is 8.75. The molecule has 26 heavy (non-hydrogen) atoms. The van der Waals surface area contributed by atoms with E-state index in [1.165, 1.54) is 22.3 Å². The third-order valence-corrected chi connectivity index (χ3v) is 6.44. The molecule has 0 radical (unpaired) electrons. The molecule has 0 aliphatic heterocycles. The summed E-state index contributed by atoms with van der Waals surface area (Å²) in [6.07, 6.45) is 1.03. The predicted molar refractivity (Wildman–Crippen MR) is 104 cm³/mol. The van der Waals surface area contributed by atoms with Gasteiger partial charge in [-0.25, -0.2) is 0 Å². The Morgan fingerprint density at radius 3 is 1.81 bits per heavy atom. The minimum absolute atomic E-state index is 0.148. The molecule has 4 rings (SSSR count). The summed E-state index contributed by atoms with van der Waals surface area (Å²) in [6.45, 7) is 0. The first-order valence-corrected chi connectivity index (χ1v) is 10.3. The number of hydrogen-bond acceptors (Lipinski definition) is 2. The highest BCUT2D eigenvalue weighted by Crippen LogP contribution is 2.47. The van der Waals surface area contributed by atoms with Crippen molar-refractivity contribution in [2.24, 2.45) is 0 Å². The van der Waals surface area contributed by atoms with E-state index in [1.54, 1.807) is 24.3 Å². The SMILES string of the molecule is O=S(=O)(O)C(CCC1c2ccccc2-c2ccccc21)c1ccccc1. The van der Waals surface area contributed by atoms with Crippen molar-refractivity contribution in [3.8, 4) is 11.1 Å². The van der Waals surface area contributed by atoms with Gasteiger partial charge in [0, 0.05) is 5.92 Å². The van der Waals surface area contributed by atoms with Crippen molar-refractivity contribution in [2.75, 3.05) is 0 Å². The average Bonchev–Trinajstić information content (AvgIpc) is 2.96. The van der Waals surface area contributed by atoms with Crippen LogP contribution in [0.3, 0.4) is 0 Å². The molecular formula is C22H20O3S. The maximum absolute atomic E-state index is 12.0. The third kappa shape index (κ3) is 3.06. The zero-order valence-corrected chi connectivity index (χ0v) is 15.1. The van der Waals surface area contributed by atoms with Crippen molar-refractivity contribution < 1.29 is 13.0 Å². The molecule has 0 heterocycles. The van der Waals surface area contributed by atoms with Crippen LogP contribution in [0.5, 0.6) is 0 Å². The topological polar surface area (TPSA) is 54.4 Å². The Morgan fingerprint density at radius 2 is 1.27 bits per heavy atom. The van der Waals surface area contributed by atoms with Gasteiger partial charge in [-0.1, -0.05) is 78.9 Å². The fraction of sp³-hybridized carbons (Fsp3) is 0.182. The third-order valence-electron chi connectivity index (χ3n) is 5.21. The van der Waals surface area contributed by atoms with Crippen LogP contribution in [0.1, 0.15) is 40.7 Å². The van der Waals surface area contributed by atoms with Crippen LogP contribution in [0.15, 0.2) is 78.9 Å². The maximum atomic E-state index is 12.0. The van der Waals surface area contributed by atoms with Crippen LogP contribution in [-0.2, 0) is 10.1 Å². The largest absolute Gasteiger partial charge is 0.285 e. The Kier molecular flexibility index (Phi) is 4.39. The number of benzene rings is 3. The smallest absolute Gasteiger partial charge is 0.271 e. The van der Waals surface area contributed by atoms with Gasteiger partial charge in [0.15, 0.2) is 0 Å². The van der Waals surface area contributed by atoms with Gasteiger partial charge in [-0.2, -0.15) is 8.42 Å². The molecule has 132 valence electrons. The number of hydrogen-bond donors (Lipinski definition) is 1. The molecule has 1 aliphatic rings. The summed E-state index contributed by atoms with van der Waals surface area (Å²) in [7, 11) is -4.16. The molecule has 1 N–H and O–H groups in total. The Balaban J connectivity index is 1.67. The summed E-state index contributed by atoms with van der Waals surface area (Å²) in [5, 5.41) is -0.899. The zero-order valence-electron chi connectivity index (χ0n) is 14.2. The molecule has 3 aromatic carbocycles. The van der Waals surface area contributed by atoms with Crippen molar-refractivity contribution >= 4 is 10.1 Å². The standard InChI is InChI=1S/C22H20O3S/c23-26(24,25)22(16-8-2-1-3-9-16)15-14-21-19-12-6-4-10-17(19)18-11-5-7-13-20(18)21/h1-13,21-22H,14-15H2,(H,23,24,25). The van der Waals surface area contributed by atoms with Gasteiger partial charge in [-0.05, 0) is 40.7 Å². The molecule has 0 spiro atoms. The molecule has 0 saturated heterocycles. The Bertz CT molecular complexity index is 981. The van der Waals surface area contributed by atoms with Crippen molar-refractivity contribution in [1.82, 2.24) is 0 Å². The van der Waals surface area contributed by atoms with E-state index in [1.807, 2.05) is 30.3 Å². The van der Waals surface area contributed by atoms with Gasteiger partial charge in [-0.15, -0.1) is 0 Å². The molecule has 3 aromatic rings. The number of rotatable bonds is 5. The van der Waals surface area contributed by atoms with Crippen LogP contribution in [0.4, 0.5) is 0 Å². The highest BCUT2D eigenvalue weighted by Gasteiger charge is 2.31. The summed E-state index contributed by atoms with van der Waals surface area (Å²) in [5.41, 5.74) is 5.54. The lowest BCUT2D eigenvalue weighted by atomic mass is 9.90. The Labute approximate surface area is 154 Å². The molecule has 1 atom stereocenters. The van der Waals surface area contributed by atoms with E-state index < -0.39 is 15.4 Å².